The van der Waals surface area contributed by atoms with E-state index in [1.54, 1.807) is 42.1 Å². The lowest BCUT2D eigenvalue weighted by molar-refractivity contribution is 0.0922. The van der Waals surface area contributed by atoms with E-state index >= 15 is 0 Å². The molecule has 0 atom stereocenters. The quantitative estimate of drug-likeness (QED) is 0.787. The Morgan fingerprint density at radius 1 is 1.17 bits per heavy atom. The third-order valence-electron chi connectivity index (χ3n) is 3.54. The number of rotatable bonds is 6. The second-order valence-corrected chi connectivity index (χ2v) is 6.13. The average molecular weight is 349 g/mol. The summed E-state index contributed by atoms with van der Waals surface area (Å²) in [6, 6.07) is 8.60. The zero-order valence-corrected chi connectivity index (χ0v) is 14.7. The number of amides is 2. The molecule has 2 aromatic rings. The van der Waals surface area contributed by atoms with Gasteiger partial charge in [-0.2, -0.15) is 5.10 Å². The Labute approximate surface area is 146 Å². The molecule has 0 bridgehead atoms. The summed E-state index contributed by atoms with van der Waals surface area (Å²) < 4.78 is 1.56. The Morgan fingerprint density at radius 2 is 1.79 bits per heavy atom. The number of hydrogen-bond donors (Lipinski definition) is 2. The van der Waals surface area contributed by atoms with Gasteiger partial charge in [-0.05, 0) is 24.1 Å². The van der Waals surface area contributed by atoms with E-state index in [0.29, 0.717) is 29.4 Å². The van der Waals surface area contributed by atoms with Gasteiger partial charge in [-0.25, -0.2) is 0 Å². The van der Waals surface area contributed by atoms with Crippen LogP contribution < -0.4 is 10.6 Å². The summed E-state index contributed by atoms with van der Waals surface area (Å²) in [6.45, 7) is 4.67. The lowest BCUT2D eigenvalue weighted by atomic mass is 10.1. The van der Waals surface area contributed by atoms with Crippen molar-refractivity contribution in [1.29, 1.82) is 0 Å². The maximum absolute atomic E-state index is 12.2. The van der Waals surface area contributed by atoms with Gasteiger partial charge in [-0.3, -0.25) is 14.3 Å². The minimum absolute atomic E-state index is 0.219. The number of carbonyl (C=O) groups excluding carboxylic acids is 2. The molecule has 1 aromatic heterocycles. The van der Waals surface area contributed by atoms with Crippen LogP contribution in [0.15, 0.2) is 30.3 Å². The predicted octanol–water partition coefficient (Wildman–Crippen LogP) is 2.36. The molecular weight excluding hydrogens is 328 g/mol. The van der Waals surface area contributed by atoms with E-state index in [4.69, 9.17) is 11.6 Å². The smallest absolute Gasteiger partial charge is 0.269 e. The summed E-state index contributed by atoms with van der Waals surface area (Å²) in [6.07, 6.45) is 0. The van der Waals surface area contributed by atoms with Crippen LogP contribution in [0.5, 0.6) is 0 Å². The van der Waals surface area contributed by atoms with Gasteiger partial charge >= 0.3 is 0 Å². The van der Waals surface area contributed by atoms with Gasteiger partial charge in [-0.1, -0.05) is 37.6 Å². The molecule has 24 heavy (non-hydrogen) atoms. The zero-order valence-electron chi connectivity index (χ0n) is 14.0. The summed E-state index contributed by atoms with van der Waals surface area (Å²) in [4.78, 5) is 24.2. The number of nitrogens with zero attached hydrogens (tertiary/aromatic N) is 2. The first kappa shape index (κ1) is 18.0. The molecule has 0 aliphatic carbocycles. The fraction of sp³-hybridized carbons (Fsp3) is 0.353. The van der Waals surface area contributed by atoms with Gasteiger partial charge in [0.25, 0.3) is 11.8 Å². The molecule has 2 amide bonds. The number of hydrogen-bond acceptors (Lipinski definition) is 3. The molecule has 7 heteroatoms. The van der Waals surface area contributed by atoms with E-state index in [-0.39, 0.29) is 17.7 Å². The number of aryl methyl sites for hydroxylation is 1. The highest BCUT2D eigenvalue weighted by molar-refractivity contribution is 6.33. The molecule has 128 valence electrons. The number of carbonyl (C=O) groups is 2. The highest BCUT2D eigenvalue weighted by atomic mass is 35.5. The molecule has 0 fully saturated rings. The summed E-state index contributed by atoms with van der Waals surface area (Å²) >= 11 is 5.97. The van der Waals surface area contributed by atoms with Crippen molar-refractivity contribution in [2.45, 2.75) is 19.8 Å². The maximum Gasteiger partial charge on any atom is 0.269 e. The van der Waals surface area contributed by atoms with Gasteiger partial charge in [0.2, 0.25) is 0 Å². The maximum atomic E-state index is 12.2. The minimum atomic E-state index is -0.266. The molecule has 0 spiro atoms. The van der Waals surface area contributed by atoms with Crippen LogP contribution in [-0.4, -0.2) is 34.7 Å². The van der Waals surface area contributed by atoms with Crippen molar-refractivity contribution < 1.29 is 9.59 Å². The summed E-state index contributed by atoms with van der Waals surface area (Å²) in [7, 11) is 1.74. The Morgan fingerprint density at radius 3 is 2.38 bits per heavy atom. The molecule has 0 saturated heterocycles. The molecule has 6 nitrogen and oxygen atoms in total. The second-order valence-electron chi connectivity index (χ2n) is 5.72. The normalized spacial score (nSPS) is 10.7. The highest BCUT2D eigenvalue weighted by Gasteiger charge is 2.14. The fourth-order valence-corrected chi connectivity index (χ4v) is 2.39. The van der Waals surface area contributed by atoms with Crippen LogP contribution in [0.4, 0.5) is 0 Å². The SMILES string of the molecule is CC(C)c1cc(C(=O)NCCNC(=O)c2ccccc2Cl)n(C)n1. The largest absolute Gasteiger partial charge is 0.350 e. The summed E-state index contributed by atoms with van der Waals surface area (Å²) in [5, 5.41) is 10.2. The monoisotopic (exact) mass is 348 g/mol. The minimum Gasteiger partial charge on any atom is -0.350 e. The van der Waals surface area contributed by atoms with E-state index in [0.717, 1.165) is 5.69 Å². The van der Waals surface area contributed by atoms with Crippen molar-refractivity contribution in [1.82, 2.24) is 20.4 Å². The number of nitrogens with one attached hydrogen (secondary N) is 2. The Balaban J connectivity index is 1.83. The third-order valence-corrected chi connectivity index (χ3v) is 3.87. The van der Waals surface area contributed by atoms with Crippen LogP contribution in [0, 0.1) is 0 Å². The predicted molar refractivity (Wildman–Crippen MR) is 93.4 cm³/mol. The molecule has 1 aromatic carbocycles. The van der Waals surface area contributed by atoms with Gasteiger partial charge in [0.05, 0.1) is 16.3 Å². The Kier molecular flexibility index (Phi) is 5.98. The second kappa shape index (κ2) is 7.97. The van der Waals surface area contributed by atoms with Gasteiger partial charge in [0.1, 0.15) is 5.69 Å². The van der Waals surface area contributed by atoms with Crippen LogP contribution in [0.3, 0.4) is 0 Å². The van der Waals surface area contributed by atoms with Crippen molar-refractivity contribution in [2.24, 2.45) is 7.05 Å². The van der Waals surface area contributed by atoms with Gasteiger partial charge in [0, 0.05) is 20.1 Å². The molecular formula is C17H21ClN4O2. The van der Waals surface area contributed by atoms with Crippen LogP contribution in [0.2, 0.25) is 5.02 Å². The summed E-state index contributed by atoms with van der Waals surface area (Å²) in [5.41, 5.74) is 1.78. The topological polar surface area (TPSA) is 76.0 Å². The molecule has 0 aliphatic heterocycles. The van der Waals surface area contributed by atoms with Crippen LogP contribution in [0.25, 0.3) is 0 Å². The lowest BCUT2D eigenvalue weighted by Gasteiger charge is -2.08. The molecule has 1 heterocycles. The lowest BCUT2D eigenvalue weighted by Crippen LogP contribution is -2.35. The Hall–Kier alpha value is -2.34. The molecule has 0 aliphatic rings. The van der Waals surface area contributed by atoms with E-state index in [1.165, 1.54) is 0 Å². The van der Waals surface area contributed by atoms with Crippen molar-refractivity contribution in [3.8, 4) is 0 Å². The fourth-order valence-electron chi connectivity index (χ4n) is 2.17. The van der Waals surface area contributed by atoms with E-state index in [2.05, 4.69) is 15.7 Å². The summed E-state index contributed by atoms with van der Waals surface area (Å²) in [5.74, 6) is -0.228. The van der Waals surface area contributed by atoms with Gasteiger partial charge in [0.15, 0.2) is 0 Å². The standard InChI is InChI=1S/C17H21ClN4O2/c1-11(2)14-10-15(22(3)21-14)17(24)20-9-8-19-16(23)12-6-4-5-7-13(12)18/h4-7,10-11H,8-9H2,1-3H3,(H,19,23)(H,20,24). The van der Waals surface area contributed by atoms with Crippen molar-refractivity contribution in [2.75, 3.05) is 13.1 Å². The van der Waals surface area contributed by atoms with Crippen molar-refractivity contribution >= 4 is 23.4 Å². The molecule has 0 saturated carbocycles. The number of aromatic nitrogens is 2. The first-order valence-electron chi connectivity index (χ1n) is 7.75. The first-order chi connectivity index (χ1) is 11.4. The number of halogens is 1. The van der Waals surface area contributed by atoms with Crippen LogP contribution in [-0.2, 0) is 7.05 Å². The third kappa shape index (κ3) is 4.35. The molecule has 2 N–H and O–H groups in total. The van der Waals surface area contributed by atoms with Crippen LogP contribution >= 0.6 is 11.6 Å². The van der Waals surface area contributed by atoms with Gasteiger partial charge < -0.3 is 10.6 Å². The highest BCUT2D eigenvalue weighted by Crippen LogP contribution is 2.14. The van der Waals surface area contributed by atoms with E-state index < -0.39 is 0 Å². The number of benzene rings is 1. The Bertz CT molecular complexity index is 740. The molecule has 0 radical (unpaired) electrons. The van der Waals surface area contributed by atoms with Crippen molar-refractivity contribution in [3.05, 3.63) is 52.3 Å². The molecule has 2 rings (SSSR count). The van der Waals surface area contributed by atoms with E-state index in [9.17, 15) is 9.59 Å². The zero-order chi connectivity index (χ0) is 17.7. The van der Waals surface area contributed by atoms with Crippen LogP contribution in [0.1, 0.15) is 46.3 Å². The first-order valence-corrected chi connectivity index (χ1v) is 8.12. The van der Waals surface area contributed by atoms with Crippen molar-refractivity contribution in [3.63, 3.8) is 0 Å². The molecule has 0 unspecified atom stereocenters. The average Bonchev–Trinajstić information content (AvgIpc) is 2.94. The van der Waals surface area contributed by atoms with Gasteiger partial charge in [-0.15, -0.1) is 0 Å². The van der Waals surface area contributed by atoms with E-state index in [1.807, 2.05) is 13.8 Å².